The number of hydrogen-bond acceptors (Lipinski definition) is 3. The van der Waals surface area contributed by atoms with Gasteiger partial charge in [-0.25, -0.2) is 0 Å². The van der Waals surface area contributed by atoms with Gasteiger partial charge < -0.3 is 16.0 Å². The van der Waals surface area contributed by atoms with Crippen LogP contribution in [0.5, 0.6) is 0 Å². The Morgan fingerprint density at radius 1 is 1.47 bits per heavy atom. The lowest BCUT2D eigenvalue weighted by Gasteiger charge is -2.19. The normalized spacial score (nSPS) is 9.80. The zero-order chi connectivity index (χ0) is 11.4. The van der Waals surface area contributed by atoms with Gasteiger partial charge in [-0.05, 0) is 30.7 Å². The Morgan fingerprint density at radius 3 is 2.67 bits per heavy atom. The van der Waals surface area contributed by atoms with E-state index < -0.39 is 0 Å². The fourth-order valence-electron chi connectivity index (χ4n) is 1.40. The largest absolute Gasteiger partial charge is 0.399 e. The monoisotopic (exact) mass is 207 g/mol. The third-order valence-corrected chi connectivity index (χ3v) is 2.18. The number of carbonyl (C=O) groups is 1. The number of likely N-dealkylation sites (N-methyl/N-ethyl adjacent to an activating group) is 2. The van der Waals surface area contributed by atoms with Crippen LogP contribution >= 0.6 is 0 Å². The van der Waals surface area contributed by atoms with E-state index in [1.807, 2.05) is 37.1 Å². The molecule has 0 bridgehead atoms. The van der Waals surface area contributed by atoms with Crippen molar-refractivity contribution < 1.29 is 4.79 Å². The summed E-state index contributed by atoms with van der Waals surface area (Å²) in [5, 5.41) is 2.58. The van der Waals surface area contributed by atoms with Crippen molar-refractivity contribution in [3.8, 4) is 0 Å². The highest BCUT2D eigenvalue weighted by atomic mass is 16.1. The van der Waals surface area contributed by atoms with Crippen LogP contribution in [0.2, 0.25) is 0 Å². The molecule has 15 heavy (non-hydrogen) atoms. The van der Waals surface area contributed by atoms with Crippen molar-refractivity contribution in [2.24, 2.45) is 0 Å². The molecule has 0 aromatic heterocycles. The average molecular weight is 207 g/mol. The van der Waals surface area contributed by atoms with Gasteiger partial charge in [0.05, 0.1) is 6.54 Å². The molecule has 82 valence electrons. The van der Waals surface area contributed by atoms with Crippen molar-refractivity contribution in [2.75, 3.05) is 31.3 Å². The molecule has 3 N–H and O–H groups in total. The van der Waals surface area contributed by atoms with Crippen LogP contribution in [0, 0.1) is 6.92 Å². The van der Waals surface area contributed by atoms with Crippen LogP contribution in [0.1, 0.15) is 5.56 Å². The SMILES string of the molecule is CNC(=O)CN(C)c1cc(C)cc(N)c1. The summed E-state index contributed by atoms with van der Waals surface area (Å²) in [5.74, 6) is -0.0161. The zero-order valence-electron chi connectivity index (χ0n) is 9.37. The molecule has 1 aromatic rings. The molecule has 0 heterocycles. The van der Waals surface area contributed by atoms with Gasteiger partial charge in [0, 0.05) is 25.5 Å². The van der Waals surface area contributed by atoms with E-state index in [-0.39, 0.29) is 5.91 Å². The number of aryl methyl sites for hydroxylation is 1. The maximum Gasteiger partial charge on any atom is 0.239 e. The van der Waals surface area contributed by atoms with Crippen LogP contribution < -0.4 is 16.0 Å². The molecule has 0 atom stereocenters. The van der Waals surface area contributed by atoms with Crippen molar-refractivity contribution >= 4 is 17.3 Å². The van der Waals surface area contributed by atoms with Crippen LogP contribution in [-0.4, -0.2) is 26.5 Å². The number of benzene rings is 1. The zero-order valence-corrected chi connectivity index (χ0v) is 9.37. The van der Waals surface area contributed by atoms with E-state index in [9.17, 15) is 4.79 Å². The van der Waals surface area contributed by atoms with Crippen molar-refractivity contribution in [3.63, 3.8) is 0 Å². The van der Waals surface area contributed by atoms with Crippen LogP contribution in [-0.2, 0) is 4.79 Å². The Labute approximate surface area is 90.1 Å². The highest BCUT2D eigenvalue weighted by Crippen LogP contribution is 2.18. The first kappa shape index (κ1) is 11.4. The first-order valence-electron chi connectivity index (χ1n) is 4.82. The average Bonchev–Trinajstić information content (AvgIpc) is 2.16. The fourth-order valence-corrected chi connectivity index (χ4v) is 1.40. The molecule has 0 radical (unpaired) electrons. The second-order valence-corrected chi connectivity index (χ2v) is 3.63. The number of nitrogens with zero attached hydrogens (tertiary/aromatic N) is 1. The number of anilines is 2. The molecule has 1 rings (SSSR count). The third-order valence-electron chi connectivity index (χ3n) is 2.18. The summed E-state index contributed by atoms with van der Waals surface area (Å²) in [6.45, 7) is 2.31. The molecule has 4 nitrogen and oxygen atoms in total. The smallest absolute Gasteiger partial charge is 0.239 e. The number of rotatable bonds is 3. The predicted octanol–water partition coefficient (Wildman–Crippen LogP) is 0.759. The molecule has 0 saturated carbocycles. The first-order valence-corrected chi connectivity index (χ1v) is 4.82. The second kappa shape index (κ2) is 4.68. The van der Waals surface area contributed by atoms with Gasteiger partial charge in [0.1, 0.15) is 0 Å². The summed E-state index contributed by atoms with van der Waals surface area (Å²) in [6, 6.07) is 5.76. The molecule has 1 amide bonds. The summed E-state index contributed by atoms with van der Waals surface area (Å²) in [4.78, 5) is 13.0. The Morgan fingerprint density at radius 2 is 2.13 bits per heavy atom. The highest BCUT2D eigenvalue weighted by molar-refractivity contribution is 5.81. The number of nitrogens with two attached hydrogens (primary N) is 1. The molecule has 0 aliphatic rings. The number of nitrogens with one attached hydrogen (secondary N) is 1. The number of nitrogen functional groups attached to an aromatic ring is 1. The van der Waals surface area contributed by atoms with Gasteiger partial charge in [0.25, 0.3) is 0 Å². The van der Waals surface area contributed by atoms with Crippen molar-refractivity contribution in [3.05, 3.63) is 23.8 Å². The molecule has 4 heteroatoms. The van der Waals surface area contributed by atoms with E-state index in [0.717, 1.165) is 11.3 Å². The highest BCUT2D eigenvalue weighted by Gasteiger charge is 2.06. The van der Waals surface area contributed by atoms with E-state index in [0.29, 0.717) is 12.2 Å². The van der Waals surface area contributed by atoms with E-state index in [4.69, 9.17) is 5.73 Å². The van der Waals surface area contributed by atoms with Crippen molar-refractivity contribution in [1.29, 1.82) is 0 Å². The summed E-state index contributed by atoms with van der Waals surface area (Å²) in [5.41, 5.74) is 8.50. The molecular formula is C11H17N3O. The lowest BCUT2D eigenvalue weighted by atomic mass is 10.2. The second-order valence-electron chi connectivity index (χ2n) is 3.63. The van der Waals surface area contributed by atoms with Crippen molar-refractivity contribution in [1.82, 2.24) is 5.32 Å². The van der Waals surface area contributed by atoms with Crippen molar-refractivity contribution in [2.45, 2.75) is 6.92 Å². The van der Waals surface area contributed by atoms with Crippen LogP contribution in [0.3, 0.4) is 0 Å². The fraction of sp³-hybridized carbons (Fsp3) is 0.364. The standard InChI is InChI=1S/C11H17N3O/c1-8-4-9(12)6-10(5-8)14(3)7-11(15)13-2/h4-6H,7,12H2,1-3H3,(H,13,15). The van der Waals surface area contributed by atoms with Gasteiger partial charge in [-0.3, -0.25) is 4.79 Å². The lowest BCUT2D eigenvalue weighted by molar-refractivity contribution is -0.119. The summed E-state index contributed by atoms with van der Waals surface area (Å²) >= 11 is 0. The summed E-state index contributed by atoms with van der Waals surface area (Å²) in [7, 11) is 3.49. The maximum absolute atomic E-state index is 11.2. The van der Waals surface area contributed by atoms with E-state index in [2.05, 4.69) is 5.32 Å². The van der Waals surface area contributed by atoms with Crippen LogP contribution in [0.25, 0.3) is 0 Å². The van der Waals surface area contributed by atoms with E-state index in [1.165, 1.54) is 0 Å². The summed E-state index contributed by atoms with van der Waals surface area (Å²) < 4.78 is 0. The maximum atomic E-state index is 11.2. The molecular weight excluding hydrogens is 190 g/mol. The molecule has 0 fully saturated rings. The molecule has 0 aliphatic heterocycles. The quantitative estimate of drug-likeness (QED) is 0.719. The minimum Gasteiger partial charge on any atom is -0.399 e. The molecule has 0 spiro atoms. The topological polar surface area (TPSA) is 58.4 Å². The van der Waals surface area contributed by atoms with Gasteiger partial charge >= 0.3 is 0 Å². The van der Waals surface area contributed by atoms with Crippen LogP contribution in [0.4, 0.5) is 11.4 Å². The number of hydrogen-bond donors (Lipinski definition) is 2. The Balaban J connectivity index is 2.81. The predicted molar refractivity (Wildman–Crippen MR) is 62.9 cm³/mol. The Hall–Kier alpha value is -1.71. The van der Waals surface area contributed by atoms with Gasteiger partial charge in [0.2, 0.25) is 5.91 Å². The van der Waals surface area contributed by atoms with E-state index >= 15 is 0 Å². The van der Waals surface area contributed by atoms with Gasteiger partial charge in [-0.15, -0.1) is 0 Å². The minimum atomic E-state index is -0.0161. The minimum absolute atomic E-state index is 0.0161. The number of carbonyl (C=O) groups excluding carboxylic acids is 1. The van der Waals surface area contributed by atoms with Crippen LogP contribution in [0.15, 0.2) is 18.2 Å². The summed E-state index contributed by atoms with van der Waals surface area (Å²) in [6.07, 6.45) is 0. The lowest BCUT2D eigenvalue weighted by Crippen LogP contribution is -2.32. The Kier molecular flexibility index (Phi) is 3.55. The molecule has 0 aliphatic carbocycles. The first-order chi connectivity index (χ1) is 7.02. The number of amides is 1. The molecule has 0 unspecified atom stereocenters. The molecule has 0 saturated heterocycles. The van der Waals surface area contributed by atoms with Gasteiger partial charge in [0.15, 0.2) is 0 Å². The van der Waals surface area contributed by atoms with Gasteiger partial charge in [-0.2, -0.15) is 0 Å². The van der Waals surface area contributed by atoms with Gasteiger partial charge in [-0.1, -0.05) is 0 Å². The Bertz CT molecular complexity index is 343. The molecule has 1 aromatic carbocycles. The third kappa shape index (κ3) is 3.16. The van der Waals surface area contributed by atoms with E-state index in [1.54, 1.807) is 7.05 Å².